The van der Waals surface area contributed by atoms with Crippen LogP contribution < -0.4 is 0 Å². The first-order valence-corrected chi connectivity index (χ1v) is 6.34. The summed E-state index contributed by atoms with van der Waals surface area (Å²) in [6.07, 6.45) is 5.25. The first-order chi connectivity index (χ1) is 7.31. The van der Waals surface area contributed by atoms with Crippen LogP contribution in [0.5, 0.6) is 0 Å². The fraction of sp³-hybridized carbons (Fsp3) is 0.818. The van der Waals surface area contributed by atoms with Gasteiger partial charge in [0, 0.05) is 12.0 Å². The summed E-state index contributed by atoms with van der Waals surface area (Å²) in [5.41, 5.74) is 0. The van der Waals surface area contributed by atoms with Gasteiger partial charge in [0.05, 0.1) is 5.88 Å². The number of rotatable bonds is 4. The summed E-state index contributed by atoms with van der Waals surface area (Å²) in [4.78, 5) is 0. The Morgan fingerprint density at radius 2 is 2.07 bits per heavy atom. The lowest BCUT2D eigenvalue weighted by Gasteiger charge is -2.12. The second-order valence-corrected chi connectivity index (χ2v) is 5.10. The molecule has 1 aromatic heterocycles. The number of hydrogen-bond donors (Lipinski definition) is 0. The van der Waals surface area contributed by atoms with Gasteiger partial charge >= 0.3 is 0 Å². The molecule has 2 aliphatic rings. The Balaban J connectivity index is 1.94. The molecule has 82 valence electrons. The van der Waals surface area contributed by atoms with Crippen molar-refractivity contribution in [2.45, 2.75) is 50.4 Å². The molecule has 2 fully saturated rings. The largest absolute Gasteiger partial charge is 0.311 e. The lowest BCUT2D eigenvalue weighted by Crippen LogP contribution is -2.09. The van der Waals surface area contributed by atoms with E-state index in [9.17, 15) is 0 Å². The van der Waals surface area contributed by atoms with Gasteiger partial charge in [-0.15, -0.1) is 21.8 Å². The molecule has 1 atom stereocenters. The Hall–Kier alpha value is -0.570. The third-order valence-corrected chi connectivity index (χ3v) is 3.80. The standard InChI is InChI=1S/C11H16ClN3/c1-7(8-2-3-8)11-14-13-10(6-12)15(11)9-4-5-9/h7-9H,2-6H2,1H3. The van der Waals surface area contributed by atoms with Crippen molar-refractivity contribution < 1.29 is 0 Å². The molecule has 2 aliphatic carbocycles. The van der Waals surface area contributed by atoms with Gasteiger partial charge in [-0.05, 0) is 31.6 Å². The molecule has 1 heterocycles. The number of alkyl halides is 1. The van der Waals surface area contributed by atoms with Crippen LogP contribution >= 0.6 is 11.6 Å². The molecule has 3 rings (SSSR count). The summed E-state index contributed by atoms with van der Waals surface area (Å²) in [6, 6.07) is 0.643. The van der Waals surface area contributed by atoms with Crippen molar-refractivity contribution in [1.82, 2.24) is 14.8 Å². The highest BCUT2D eigenvalue weighted by Gasteiger charge is 2.36. The summed E-state index contributed by atoms with van der Waals surface area (Å²) >= 11 is 5.89. The van der Waals surface area contributed by atoms with Crippen molar-refractivity contribution in [1.29, 1.82) is 0 Å². The fourth-order valence-corrected chi connectivity index (χ4v) is 2.46. The average Bonchev–Trinajstić information content (AvgIpc) is 3.12. The fourth-order valence-electron chi connectivity index (χ4n) is 2.28. The van der Waals surface area contributed by atoms with Crippen molar-refractivity contribution in [3.05, 3.63) is 11.6 Å². The van der Waals surface area contributed by atoms with Crippen molar-refractivity contribution in [2.24, 2.45) is 5.92 Å². The summed E-state index contributed by atoms with van der Waals surface area (Å²) in [7, 11) is 0. The van der Waals surface area contributed by atoms with Gasteiger partial charge in [-0.25, -0.2) is 0 Å². The highest BCUT2D eigenvalue weighted by molar-refractivity contribution is 6.16. The van der Waals surface area contributed by atoms with Crippen LogP contribution in [0.2, 0.25) is 0 Å². The molecule has 1 aromatic rings. The lowest BCUT2D eigenvalue weighted by molar-refractivity contribution is 0.557. The maximum atomic E-state index is 5.89. The second kappa shape index (κ2) is 3.48. The Morgan fingerprint density at radius 1 is 1.33 bits per heavy atom. The van der Waals surface area contributed by atoms with Crippen LogP contribution in [-0.4, -0.2) is 14.8 Å². The summed E-state index contributed by atoms with van der Waals surface area (Å²) < 4.78 is 2.30. The number of halogens is 1. The van der Waals surface area contributed by atoms with Gasteiger partial charge < -0.3 is 4.57 Å². The predicted molar refractivity (Wildman–Crippen MR) is 59.0 cm³/mol. The molecule has 0 aromatic carbocycles. The van der Waals surface area contributed by atoms with E-state index in [1.807, 2.05) is 0 Å². The zero-order chi connectivity index (χ0) is 10.4. The third kappa shape index (κ3) is 1.67. The lowest BCUT2D eigenvalue weighted by atomic mass is 10.1. The first-order valence-electron chi connectivity index (χ1n) is 5.81. The van der Waals surface area contributed by atoms with Gasteiger partial charge in [0.2, 0.25) is 0 Å². The third-order valence-electron chi connectivity index (χ3n) is 3.56. The SMILES string of the molecule is CC(c1nnc(CCl)n1C1CC1)C1CC1. The van der Waals surface area contributed by atoms with E-state index in [-0.39, 0.29) is 0 Å². The monoisotopic (exact) mass is 225 g/mol. The van der Waals surface area contributed by atoms with E-state index in [1.54, 1.807) is 0 Å². The minimum Gasteiger partial charge on any atom is -0.311 e. The van der Waals surface area contributed by atoms with Crippen LogP contribution in [-0.2, 0) is 5.88 Å². The molecular weight excluding hydrogens is 210 g/mol. The van der Waals surface area contributed by atoms with Crippen LogP contribution in [0.3, 0.4) is 0 Å². The van der Waals surface area contributed by atoms with Crippen LogP contribution in [0.15, 0.2) is 0 Å². The van der Waals surface area contributed by atoms with Crippen molar-refractivity contribution in [2.75, 3.05) is 0 Å². The van der Waals surface area contributed by atoms with Gasteiger partial charge in [0.15, 0.2) is 0 Å². The number of hydrogen-bond acceptors (Lipinski definition) is 2. The molecule has 1 unspecified atom stereocenters. The Kier molecular flexibility index (Phi) is 2.23. The zero-order valence-corrected chi connectivity index (χ0v) is 9.74. The molecule has 0 aliphatic heterocycles. The smallest absolute Gasteiger partial charge is 0.148 e. The topological polar surface area (TPSA) is 30.7 Å². The van der Waals surface area contributed by atoms with E-state index in [0.717, 1.165) is 11.7 Å². The molecule has 3 nitrogen and oxygen atoms in total. The Morgan fingerprint density at radius 3 is 2.60 bits per heavy atom. The van der Waals surface area contributed by atoms with Gasteiger partial charge in [-0.1, -0.05) is 6.92 Å². The summed E-state index contributed by atoms with van der Waals surface area (Å²) in [6.45, 7) is 2.28. The maximum absolute atomic E-state index is 5.89. The van der Waals surface area contributed by atoms with Crippen LogP contribution in [0, 0.1) is 5.92 Å². The quantitative estimate of drug-likeness (QED) is 0.738. The van der Waals surface area contributed by atoms with Crippen LogP contribution in [0.25, 0.3) is 0 Å². The molecule has 0 amide bonds. The highest BCUT2D eigenvalue weighted by atomic mass is 35.5. The number of nitrogens with zero attached hydrogens (tertiary/aromatic N) is 3. The summed E-state index contributed by atoms with van der Waals surface area (Å²) in [5.74, 6) is 4.03. The highest BCUT2D eigenvalue weighted by Crippen LogP contribution is 2.45. The summed E-state index contributed by atoms with van der Waals surface area (Å²) in [5, 5.41) is 8.55. The van der Waals surface area contributed by atoms with E-state index >= 15 is 0 Å². The van der Waals surface area contributed by atoms with Gasteiger partial charge in [-0.3, -0.25) is 0 Å². The molecular formula is C11H16ClN3. The first kappa shape index (κ1) is 9.64. The molecule has 0 radical (unpaired) electrons. The second-order valence-electron chi connectivity index (χ2n) is 4.84. The van der Waals surface area contributed by atoms with E-state index in [2.05, 4.69) is 21.7 Å². The molecule has 2 saturated carbocycles. The van der Waals surface area contributed by atoms with E-state index in [0.29, 0.717) is 17.8 Å². The Bertz CT molecular complexity index is 366. The van der Waals surface area contributed by atoms with Crippen molar-refractivity contribution in [3.63, 3.8) is 0 Å². The van der Waals surface area contributed by atoms with Gasteiger partial charge in [-0.2, -0.15) is 0 Å². The molecule has 0 saturated heterocycles. The average molecular weight is 226 g/mol. The van der Waals surface area contributed by atoms with Crippen molar-refractivity contribution in [3.8, 4) is 0 Å². The molecule has 0 bridgehead atoms. The number of aromatic nitrogens is 3. The maximum Gasteiger partial charge on any atom is 0.148 e. The minimum atomic E-state index is 0.487. The zero-order valence-electron chi connectivity index (χ0n) is 8.99. The van der Waals surface area contributed by atoms with E-state index in [4.69, 9.17) is 11.6 Å². The van der Waals surface area contributed by atoms with Gasteiger partial charge in [0.1, 0.15) is 11.6 Å². The van der Waals surface area contributed by atoms with Crippen molar-refractivity contribution >= 4 is 11.6 Å². The molecule has 4 heteroatoms. The van der Waals surface area contributed by atoms with E-state index < -0.39 is 0 Å². The molecule has 15 heavy (non-hydrogen) atoms. The minimum absolute atomic E-state index is 0.487. The van der Waals surface area contributed by atoms with Crippen LogP contribution in [0.1, 0.15) is 56.2 Å². The van der Waals surface area contributed by atoms with E-state index in [1.165, 1.54) is 31.5 Å². The Labute approximate surface area is 94.8 Å². The molecule has 0 spiro atoms. The van der Waals surface area contributed by atoms with Gasteiger partial charge in [0.25, 0.3) is 0 Å². The van der Waals surface area contributed by atoms with Crippen LogP contribution in [0.4, 0.5) is 0 Å². The molecule has 0 N–H and O–H groups in total. The predicted octanol–water partition coefficient (Wildman–Crippen LogP) is 2.87. The normalized spacial score (nSPS) is 23.1.